The third kappa shape index (κ3) is 3.63. The smallest absolute Gasteiger partial charge is 0.319 e. The number of non-ortho nitro benzene ring substituents is 1. The van der Waals surface area contributed by atoms with Gasteiger partial charge in [0.05, 0.1) is 16.7 Å². The maximum atomic E-state index is 12.0. The van der Waals surface area contributed by atoms with Gasteiger partial charge >= 0.3 is 6.03 Å². The van der Waals surface area contributed by atoms with Crippen LogP contribution in [0.15, 0.2) is 34.7 Å². The van der Waals surface area contributed by atoms with Crippen LogP contribution in [0.25, 0.3) is 0 Å². The zero-order valence-corrected chi connectivity index (χ0v) is 12.5. The lowest BCUT2D eigenvalue weighted by Crippen LogP contribution is -2.31. The van der Waals surface area contributed by atoms with Crippen LogP contribution in [0.3, 0.4) is 0 Å². The molecule has 0 saturated heterocycles. The van der Waals surface area contributed by atoms with E-state index in [4.69, 9.17) is 4.42 Å². The Balaban J connectivity index is 2.05. The summed E-state index contributed by atoms with van der Waals surface area (Å²) in [7, 11) is 0. The Bertz CT molecular complexity index is 709. The average molecular weight is 303 g/mol. The van der Waals surface area contributed by atoms with Crippen LogP contribution in [0.5, 0.6) is 0 Å². The number of nitro benzene ring substituents is 1. The van der Waals surface area contributed by atoms with Crippen molar-refractivity contribution >= 4 is 17.4 Å². The Labute approximate surface area is 127 Å². The fourth-order valence-electron chi connectivity index (χ4n) is 1.97. The first-order valence-electron chi connectivity index (χ1n) is 6.75. The molecule has 0 aliphatic carbocycles. The molecule has 2 amide bonds. The normalized spacial score (nSPS) is 11.8. The van der Waals surface area contributed by atoms with Gasteiger partial charge in [0.1, 0.15) is 11.5 Å². The van der Waals surface area contributed by atoms with E-state index in [0.717, 1.165) is 11.3 Å². The molecule has 0 fully saturated rings. The molecule has 7 heteroatoms. The Hall–Kier alpha value is -2.83. The summed E-state index contributed by atoms with van der Waals surface area (Å²) in [4.78, 5) is 22.3. The fraction of sp³-hybridized carbons (Fsp3) is 0.267. The first-order valence-corrected chi connectivity index (χ1v) is 6.75. The maximum Gasteiger partial charge on any atom is 0.319 e. The molecule has 0 aliphatic rings. The summed E-state index contributed by atoms with van der Waals surface area (Å²) in [5.41, 5.74) is 1.06. The van der Waals surface area contributed by atoms with Crippen LogP contribution in [0.2, 0.25) is 0 Å². The molecule has 116 valence electrons. The second kappa shape index (κ2) is 6.30. The van der Waals surface area contributed by atoms with Gasteiger partial charge in [-0.25, -0.2) is 4.79 Å². The first kappa shape index (κ1) is 15.6. The van der Waals surface area contributed by atoms with E-state index in [-0.39, 0.29) is 11.7 Å². The number of amides is 2. The zero-order valence-electron chi connectivity index (χ0n) is 12.5. The van der Waals surface area contributed by atoms with Gasteiger partial charge in [-0.2, -0.15) is 0 Å². The lowest BCUT2D eigenvalue weighted by Gasteiger charge is -2.13. The third-order valence-electron chi connectivity index (χ3n) is 3.22. The minimum atomic E-state index is -0.503. The minimum absolute atomic E-state index is 0.0735. The number of nitro groups is 1. The van der Waals surface area contributed by atoms with Crippen LogP contribution in [-0.2, 0) is 0 Å². The topological polar surface area (TPSA) is 97.4 Å². The van der Waals surface area contributed by atoms with Gasteiger partial charge in [0.15, 0.2) is 0 Å². The molecular formula is C15H17N3O4. The fourth-order valence-corrected chi connectivity index (χ4v) is 1.97. The number of furan rings is 1. The summed E-state index contributed by atoms with van der Waals surface area (Å²) in [6, 6.07) is 7.16. The van der Waals surface area contributed by atoms with Crippen molar-refractivity contribution in [2.24, 2.45) is 0 Å². The van der Waals surface area contributed by atoms with Crippen molar-refractivity contribution in [3.05, 3.63) is 57.5 Å². The summed E-state index contributed by atoms with van der Waals surface area (Å²) in [5.74, 6) is 1.40. The molecule has 0 aliphatic heterocycles. The van der Waals surface area contributed by atoms with Crippen LogP contribution >= 0.6 is 0 Å². The Morgan fingerprint density at radius 3 is 2.59 bits per heavy atom. The quantitative estimate of drug-likeness (QED) is 0.665. The first-order chi connectivity index (χ1) is 10.4. The number of nitrogens with zero attached hydrogens (tertiary/aromatic N) is 1. The molecule has 2 rings (SSSR count). The van der Waals surface area contributed by atoms with Gasteiger partial charge in [0, 0.05) is 12.1 Å². The zero-order chi connectivity index (χ0) is 16.3. The van der Waals surface area contributed by atoms with E-state index in [1.165, 1.54) is 12.1 Å². The SMILES string of the molecule is Cc1ccc([C@H](C)NC(=O)Nc2cc([N+](=O)[O-])ccc2C)o1. The molecule has 1 aromatic heterocycles. The number of hydrogen-bond donors (Lipinski definition) is 2. The largest absolute Gasteiger partial charge is 0.464 e. The lowest BCUT2D eigenvalue weighted by atomic mass is 10.2. The van der Waals surface area contributed by atoms with Crippen molar-refractivity contribution in [1.29, 1.82) is 0 Å². The number of anilines is 1. The number of aryl methyl sites for hydroxylation is 2. The highest BCUT2D eigenvalue weighted by Gasteiger charge is 2.15. The van der Waals surface area contributed by atoms with E-state index >= 15 is 0 Å². The molecular weight excluding hydrogens is 286 g/mol. The van der Waals surface area contributed by atoms with Gasteiger partial charge in [-0.15, -0.1) is 0 Å². The Kier molecular flexibility index (Phi) is 4.45. The average Bonchev–Trinajstić information content (AvgIpc) is 2.87. The predicted molar refractivity (Wildman–Crippen MR) is 81.8 cm³/mol. The molecule has 0 spiro atoms. The van der Waals surface area contributed by atoms with Gasteiger partial charge in [0.2, 0.25) is 0 Å². The van der Waals surface area contributed by atoms with Crippen molar-refractivity contribution in [1.82, 2.24) is 5.32 Å². The van der Waals surface area contributed by atoms with E-state index in [0.29, 0.717) is 11.4 Å². The third-order valence-corrected chi connectivity index (χ3v) is 3.22. The van der Waals surface area contributed by atoms with Gasteiger partial charge in [0.25, 0.3) is 5.69 Å². The molecule has 0 bridgehead atoms. The summed E-state index contributed by atoms with van der Waals surface area (Å²) in [5, 5.41) is 16.1. The molecule has 1 atom stereocenters. The van der Waals surface area contributed by atoms with Crippen LogP contribution in [0.1, 0.15) is 30.0 Å². The van der Waals surface area contributed by atoms with Crippen LogP contribution in [-0.4, -0.2) is 11.0 Å². The highest BCUT2D eigenvalue weighted by Crippen LogP contribution is 2.22. The monoisotopic (exact) mass is 303 g/mol. The molecule has 1 heterocycles. The molecule has 2 N–H and O–H groups in total. The van der Waals surface area contributed by atoms with Gasteiger partial charge in [-0.05, 0) is 38.5 Å². The van der Waals surface area contributed by atoms with Crippen molar-refractivity contribution in [3.63, 3.8) is 0 Å². The molecule has 7 nitrogen and oxygen atoms in total. The summed E-state index contributed by atoms with van der Waals surface area (Å²) in [6.07, 6.45) is 0. The number of urea groups is 1. The predicted octanol–water partition coefficient (Wildman–Crippen LogP) is 3.69. The Morgan fingerprint density at radius 1 is 1.27 bits per heavy atom. The number of nitrogens with one attached hydrogen (secondary N) is 2. The summed E-state index contributed by atoms with van der Waals surface area (Å²) >= 11 is 0. The molecule has 0 saturated carbocycles. The van der Waals surface area contributed by atoms with Crippen LogP contribution in [0.4, 0.5) is 16.2 Å². The van der Waals surface area contributed by atoms with E-state index in [2.05, 4.69) is 10.6 Å². The maximum absolute atomic E-state index is 12.0. The van der Waals surface area contributed by atoms with Gasteiger partial charge in [-0.3, -0.25) is 10.1 Å². The van der Waals surface area contributed by atoms with Crippen molar-refractivity contribution < 1.29 is 14.1 Å². The van der Waals surface area contributed by atoms with Crippen LogP contribution in [0, 0.1) is 24.0 Å². The van der Waals surface area contributed by atoms with Gasteiger partial charge < -0.3 is 15.1 Å². The summed E-state index contributed by atoms with van der Waals surface area (Å²) < 4.78 is 5.44. The van der Waals surface area contributed by atoms with Crippen molar-refractivity contribution in [2.45, 2.75) is 26.8 Å². The summed E-state index contributed by atoms with van der Waals surface area (Å²) in [6.45, 7) is 5.37. The number of benzene rings is 1. The second-order valence-corrected chi connectivity index (χ2v) is 5.02. The highest BCUT2D eigenvalue weighted by atomic mass is 16.6. The van der Waals surface area contributed by atoms with Crippen molar-refractivity contribution in [2.75, 3.05) is 5.32 Å². The molecule has 22 heavy (non-hydrogen) atoms. The number of carbonyl (C=O) groups is 1. The van der Waals surface area contributed by atoms with Crippen molar-refractivity contribution in [3.8, 4) is 0 Å². The number of rotatable bonds is 4. The molecule has 2 aromatic rings. The van der Waals surface area contributed by atoms with E-state index in [1.54, 1.807) is 26.0 Å². The lowest BCUT2D eigenvalue weighted by molar-refractivity contribution is -0.384. The van der Waals surface area contributed by atoms with E-state index in [1.807, 2.05) is 13.0 Å². The number of carbonyl (C=O) groups excluding carboxylic acids is 1. The van der Waals surface area contributed by atoms with Gasteiger partial charge in [-0.1, -0.05) is 6.07 Å². The van der Waals surface area contributed by atoms with E-state index < -0.39 is 11.0 Å². The Morgan fingerprint density at radius 2 is 2.00 bits per heavy atom. The number of hydrogen-bond acceptors (Lipinski definition) is 4. The van der Waals surface area contributed by atoms with E-state index in [9.17, 15) is 14.9 Å². The molecule has 1 aromatic carbocycles. The minimum Gasteiger partial charge on any atom is -0.464 e. The standard InChI is InChI=1S/C15H17N3O4/c1-9-4-6-12(18(20)21)8-13(9)17-15(19)16-11(3)14-7-5-10(2)22-14/h4-8,11H,1-3H3,(H2,16,17,19)/t11-/m0/s1. The van der Waals surface area contributed by atoms with Crippen LogP contribution < -0.4 is 10.6 Å². The second-order valence-electron chi connectivity index (χ2n) is 5.02. The molecule has 0 radical (unpaired) electrons. The molecule has 0 unspecified atom stereocenters. The highest BCUT2D eigenvalue weighted by molar-refractivity contribution is 5.90.